The van der Waals surface area contributed by atoms with Gasteiger partial charge in [-0.15, -0.1) is 0 Å². The molecule has 0 heterocycles. The minimum absolute atomic E-state index is 0.151. The largest absolute Gasteiger partial charge is 0.317 e. The highest BCUT2D eigenvalue weighted by atomic mass is 16.2. The zero-order valence-corrected chi connectivity index (χ0v) is 17.7. The van der Waals surface area contributed by atoms with Crippen molar-refractivity contribution in [1.29, 1.82) is 0 Å². The SMILES string of the molecule is CN(NC(=O)/C(=C/c1cccc2ccccc12)NC(=O)c1ccccc1)c1ccccc1. The van der Waals surface area contributed by atoms with Gasteiger partial charge in [-0.05, 0) is 46.7 Å². The summed E-state index contributed by atoms with van der Waals surface area (Å²) in [6, 6.07) is 32.1. The molecule has 0 aliphatic heterocycles. The van der Waals surface area contributed by atoms with E-state index in [0.717, 1.165) is 22.0 Å². The van der Waals surface area contributed by atoms with Gasteiger partial charge in [0.2, 0.25) is 0 Å². The molecule has 32 heavy (non-hydrogen) atoms. The highest BCUT2D eigenvalue weighted by Crippen LogP contribution is 2.21. The number of hydrogen-bond donors (Lipinski definition) is 2. The molecule has 0 fully saturated rings. The van der Waals surface area contributed by atoms with E-state index in [2.05, 4.69) is 10.7 Å². The topological polar surface area (TPSA) is 61.4 Å². The van der Waals surface area contributed by atoms with E-state index < -0.39 is 5.91 Å². The summed E-state index contributed by atoms with van der Waals surface area (Å²) in [5.74, 6) is -0.775. The molecule has 0 aromatic heterocycles. The third kappa shape index (κ3) is 4.84. The molecule has 0 saturated heterocycles. The number of anilines is 1. The zero-order valence-electron chi connectivity index (χ0n) is 17.7. The van der Waals surface area contributed by atoms with E-state index in [1.807, 2.05) is 78.9 Å². The maximum absolute atomic E-state index is 13.2. The molecule has 4 aromatic rings. The number of hydrogen-bond acceptors (Lipinski definition) is 3. The lowest BCUT2D eigenvalue weighted by molar-refractivity contribution is -0.117. The van der Waals surface area contributed by atoms with Gasteiger partial charge >= 0.3 is 0 Å². The molecule has 0 spiro atoms. The maximum atomic E-state index is 13.2. The van der Waals surface area contributed by atoms with E-state index in [1.165, 1.54) is 0 Å². The van der Waals surface area contributed by atoms with Gasteiger partial charge in [-0.3, -0.25) is 20.0 Å². The molecule has 0 unspecified atom stereocenters. The van der Waals surface area contributed by atoms with Gasteiger partial charge in [0.25, 0.3) is 11.8 Å². The second-order valence-corrected chi connectivity index (χ2v) is 7.28. The third-order valence-electron chi connectivity index (χ3n) is 5.06. The van der Waals surface area contributed by atoms with Crippen LogP contribution in [0.4, 0.5) is 5.69 Å². The Labute approximate surface area is 187 Å². The van der Waals surface area contributed by atoms with E-state index in [-0.39, 0.29) is 11.6 Å². The van der Waals surface area contributed by atoms with Crippen LogP contribution >= 0.6 is 0 Å². The Morgan fingerprint density at radius 1 is 0.750 bits per heavy atom. The molecule has 2 N–H and O–H groups in total. The molecule has 5 nitrogen and oxygen atoms in total. The lowest BCUT2D eigenvalue weighted by Crippen LogP contribution is -2.43. The molecule has 4 rings (SSSR count). The summed E-state index contributed by atoms with van der Waals surface area (Å²) in [6.07, 6.45) is 1.71. The van der Waals surface area contributed by atoms with Crippen LogP contribution < -0.4 is 15.8 Å². The Morgan fingerprint density at radius 2 is 1.38 bits per heavy atom. The molecule has 0 aliphatic carbocycles. The van der Waals surface area contributed by atoms with E-state index >= 15 is 0 Å². The Hall–Kier alpha value is -4.38. The van der Waals surface area contributed by atoms with E-state index in [1.54, 1.807) is 42.4 Å². The first kappa shape index (κ1) is 20.9. The van der Waals surface area contributed by atoms with Crippen LogP contribution in [0.2, 0.25) is 0 Å². The van der Waals surface area contributed by atoms with Crippen LogP contribution in [0.5, 0.6) is 0 Å². The monoisotopic (exact) mass is 421 g/mol. The molecule has 0 aliphatic rings. The Morgan fingerprint density at radius 3 is 2.12 bits per heavy atom. The molecule has 0 bridgehead atoms. The van der Waals surface area contributed by atoms with Gasteiger partial charge in [0, 0.05) is 12.6 Å². The number of carbonyl (C=O) groups is 2. The molecular weight excluding hydrogens is 398 g/mol. The number of amides is 2. The average molecular weight is 422 g/mol. The maximum Gasteiger partial charge on any atom is 0.286 e. The summed E-state index contributed by atoms with van der Waals surface area (Å²) in [5, 5.41) is 6.45. The van der Waals surface area contributed by atoms with E-state index in [9.17, 15) is 9.59 Å². The Bertz CT molecular complexity index is 1260. The van der Waals surface area contributed by atoms with Crippen LogP contribution in [0.3, 0.4) is 0 Å². The van der Waals surface area contributed by atoms with Crippen LogP contribution in [0, 0.1) is 0 Å². The first-order valence-corrected chi connectivity index (χ1v) is 10.3. The number of hydrazine groups is 1. The quantitative estimate of drug-likeness (QED) is 0.348. The minimum atomic E-state index is -0.423. The minimum Gasteiger partial charge on any atom is -0.317 e. The summed E-state index contributed by atoms with van der Waals surface area (Å²) in [7, 11) is 1.75. The van der Waals surface area contributed by atoms with Gasteiger partial charge in [0.05, 0.1) is 5.69 Å². The third-order valence-corrected chi connectivity index (χ3v) is 5.06. The fraction of sp³-hybridized carbons (Fsp3) is 0.0370. The second kappa shape index (κ2) is 9.62. The van der Waals surface area contributed by atoms with Crippen molar-refractivity contribution in [2.45, 2.75) is 0 Å². The average Bonchev–Trinajstić information content (AvgIpc) is 2.84. The van der Waals surface area contributed by atoms with Crippen LogP contribution in [-0.2, 0) is 4.79 Å². The van der Waals surface area contributed by atoms with Crippen molar-refractivity contribution in [1.82, 2.24) is 10.7 Å². The predicted molar refractivity (Wildman–Crippen MR) is 129 cm³/mol. The molecule has 5 heteroatoms. The molecule has 0 atom stereocenters. The van der Waals surface area contributed by atoms with E-state index in [0.29, 0.717) is 5.56 Å². The highest BCUT2D eigenvalue weighted by Gasteiger charge is 2.17. The Balaban J connectivity index is 1.68. The lowest BCUT2D eigenvalue weighted by Gasteiger charge is -2.21. The first-order valence-electron chi connectivity index (χ1n) is 10.3. The fourth-order valence-electron chi connectivity index (χ4n) is 3.40. The second-order valence-electron chi connectivity index (χ2n) is 7.28. The lowest BCUT2D eigenvalue weighted by atomic mass is 10.0. The number of rotatable bonds is 6. The number of carbonyl (C=O) groups excluding carboxylic acids is 2. The molecule has 4 aromatic carbocycles. The molecular formula is C27H23N3O2. The van der Waals surface area contributed by atoms with Crippen molar-refractivity contribution >= 4 is 34.4 Å². The molecule has 2 amide bonds. The van der Waals surface area contributed by atoms with Crippen LogP contribution in [0.15, 0.2) is 109 Å². The van der Waals surface area contributed by atoms with Crippen molar-refractivity contribution in [2.75, 3.05) is 12.1 Å². The van der Waals surface area contributed by atoms with Gasteiger partial charge in [-0.25, -0.2) is 0 Å². The summed E-state index contributed by atoms with van der Waals surface area (Å²) in [5.41, 5.74) is 5.11. The van der Waals surface area contributed by atoms with Crippen molar-refractivity contribution in [3.8, 4) is 0 Å². The van der Waals surface area contributed by atoms with Crippen molar-refractivity contribution in [3.05, 3.63) is 120 Å². The van der Waals surface area contributed by atoms with E-state index in [4.69, 9.17) is 0 Å². The van der Waals surface area contributed by atoms with Crippen molar-refractivity contribution in [2.24, 2.45) is 0 Å². The first-order chi connectivity index (χ1) is 15.6. The van der Waals surface area contributed by atoms with Gasteiger partial charge in [0.15, 0.2) is 0 Å². The molecule has 0 saturated carbocycles. The standard InChI is InChI=1S/C27H23N3O2/c1-30(23-16-6-3-7-17-23)29-27(32)25(28-26(31)21-12-4-2-5-13-21)19-22-15-10-14-20-11-8-9-18-24(20)22/h2-19H,1H3,(H,28,31)(H,29,32)/b25-19-. The molecule has 0 radical (unpaired) electrons. The zero-order chi connectivity index (χ0) is 22.3. The highest BCUT2D eigenvalue weighted by molar-refractivity contribution is 6.07. The fourth-order valence-corrected chi connectivity index (χ4v) is 3.40. The predicted octanol–water partition coefficient (Wildman–Crippen LogP) is 4.78. The summed E-state index contributed by atoms with van der Waals surface area (Å²) >= 11 is 0. The normalized spacial score (nSPS) is 11.1. The number of nitrogens with zero attached hydrogens (tertiary/aromatic N) is 1. The number of para-hydroxylation sites is 1. The smallest absolute Gasteiger partial charge is 0.286 e. The van der Waals surface area contributed by atoms with Gasteiger partial charge in [-0.1, -0.05) is 78.9 Å². The molecule has 158 valence electrons. The summed E-state index contributed by atoms with van der Waals surface area (Å²) < 4.78 is 0. The van der Waals surface area contributed by atoms with Gasteiger partial charge in [0.1, 0.15) is 5.70 Å². The van der Waals surface area contributed by atoms with Crippen molar-refractivity contribution in [3.63, 3.8) is 0 Å². The van der Waals surface area contributed by atoms with Crippen molar-refractivity contribution < 1.29 is 9.59 Å². The number of fused-ring (bicyclic) bond motifs is 1. The van der Waals surface area contributed by atoms with Gasteiger partial charge < -0.3 is 5.32 Å². The Kier molecular flexibility index (Phi) is 6.28. The van der Waals surface area contributed by atoms with Crippen LogP contribution in [0.1, 0.15) is 15.9 Å². The number of benzene rings is 4. The van der Waals surface area contributed by atoms with Crippen LogP contribution in [0.25, 0.3) is 16.8 Å². The summed E-state index contributed by atoms with van der Waals surface area (Å²) in [4.78, 5) is 26.0. The summed E-state index contributed by atoms with van der Waals surface area (Å²) in [6.45, 7) is 0. The number of nitrogens with one attached hydrogen (secondary N) is 2. The van der Waals surface area contributed by atoms with Crippen LogP contribution in [-0.4, -0.2) is 18.9 Å². The van der Waals surface area contributed by atoms with Gasteiger partial charge in [-0.2, -0.15) is 0 Å².